The third-order valence-electron chi connectivity index (χ3n) is 7.54. The first kappa shape index (κ1) is 25.4. The zero-order chi connectivity index (χ0) is 28.0. The number of amides is 2. The molecule has 6 nitrogen and oxygen atoms in total. The molecule has 1 aliphatic rings. The average Bonchev–Trinajstić information content (AvgIpc) is 3.64. The number of nitrogens with zero attached hydrogens (tertiary/aromatic N) is 2. The van der Waals surface area contributed by atoms with Gasteiger partial charge in [0.25, 0.3) is 11.8 Å². The van der Waals surface area contributed by atoms with Crippen LogP contribution in [0.2, 0.25) is 0 Å². The van der Waals surface area contributed by atoms with Crippen LogP contribution in [0.25, 0.3) is 16.6 Å². The lowest BCUT2D eigenvalue weighted by Gasteiger charge is -2.19. The number of rotatable bonds is 7. The fourth-order valence-electron chi connectivity index (χ4n) is 5.22. The van der Waals surface area contributed by atoms with Gasteiger partial charge in [0.1, 0.15) is 11.6 Å². The van der Waals surface area contributed by atoms with E-state index >= 15 is 4.39 Å². The maximum Gasteiger partial charge on any atom is 0.252 e. The average molecular weight is 537 g/mol. The summed E-state index contributed by atoms with van der Waals surface area (Å²) in [6.07, 6.45) is 3.12. The van der Waals surface area contributed by atoms with Gasteiger partial charge in [0, 0.05) is 17.5 Å². The highest BCUT2D eigenvalue weighted by molar-refractivity contribution is 6.02. The zero-order valence-electron chi connectivity index (χ0n) is 21.7. The van der Waals surface area contributed by atoms with Gasteiger partial charge in [-0.2, -0.15) is 5.10 Å². The Labute approximate surface area is 229 Å². The van der Waals surface area contributed by atoms with Gasteiger partial charge in [-0.3, -0.25) is 9.59 Å². The van der Waals surface area contributed by atoms with Crippen molar-refractivity contribution in [2.24, 2.45) is 5.73 Å². The standard InChI is InChI=1S/C32H26F2N4O2/c1-19-7-10-21(31(40)36-32(13-14-32)22-5-3-2-4-6-22)16-24(19)25-17-28-29(30(35)39)27(37-38(28)18-26(25)34)15-20-8-11-23(33)12-9-20/h2-12,16-18H,13-15H2,1H3,(H2,35,39)(H,36,40). The molecule has 1 fully saturated rings. The maximum atomic E-state index is 15.5. The molecule has 5 aromatic rings. The van der Waals surface area contributed by atoms with Crippen molar-refractivity contribution in [1.82, 2.24) is 14.9 Å². The van der Waals surface area contributed by atoms with E-state index in [1.165, 1.54) is 28.9 Å². The molecule has 2 aromatic heterocycles. The van der Waals surface area contributed by atoms with Crippen molar-refractivity contribution in [3.05, 3.63) is 130 Å². The van der Waals surface area contributed by atoms with E-state index in [1.807, 2.05) is 37.3 Å². The number of halogens is 2. The summed E-state index contributed by atoms with van der Waals surface area (Å²) in [7, 11) is 0. The molecule has 0 spiro atoms. The Balaban J connectivity index is 1.37. The van der Waals surface area contributed by atoms with Crippen molar-refractivity contribution in [2.75, 3.05) is 0 Å². The highest BCUT2D eigenvalue weighted by Crippen LogP contribution is 2.45. The van der Waals surface area contributed by atoms with Crippen molar-refractivity contribution in [1.29, 1.82) is 0 Å². The lowest BCUT2D eigenvalue weighted by Crippen LogP contribution is -2.34. The molecule has 1 aliphatic carbocycles. The van der Waals surface area contributed by atoms with Crippen LogP contribution in [0, 0.1) is 18.6 Å². The van der Waals surface area contributed by atoms with Crippen molar-refractivity contribution in [3.8, 4) is 11.1 Å². The Morgan fingerprint density at radius 1 is 0.975 bits per heavy atom. The first-order valence-corrected chi connectivity index (χ1v) is 13.0. The molecule has 200 valence electrons. The Bertz CT molecular complexity index is 1780. The van der Waals surface area contributed by atoms with Crippen LogP contribution in [0.5, 0.6) is 0 Å². The number of carbonyl (C=O) groups excluding carboxylic acids is 2. The number of carbonyl (C=O) groups is 2. The van der Waals surface area contributed by atoms with Crippen LogP contribution >= 0.6 is 0 Å². The summed E-state index contributed by atoms with van der Waals surface area (Å²) in [5, 5.41) is 7.57. The monoisotopic (exact) mass is 536 g/mol. The second kappa shape index (κ2) is 9.72. The van der Waals surface area contributed by atoms with E-state index in [1.54, 1.807) is 30.3 Å². The van der Waals surface area contributed by atoms with E-state index in [2.05, 4.69) is 10.4 Å². The number of primary amides is 1. The lowest BCUT2D eigenvalue weighted by atomic mass is 9.96. The first-order chi connectivity index (χ1) is 19.2. The highest BCUT2D eigenvalue weighted by atomic mass is 19.1. The SMILES string of the molecule is Cc1ccc(C(=O)NC2(c3ccccc3)CC2)cc1-c1cc2c(C(N)=O)c(Cc3ccc(F)cc3)nn2cc1F. The zero-order valence-corrected chi connectivity index (χ0v) is 21.7. The van der Waals surface area contributed by atoms with E-state index < -0.39 is 11.7 Å². The summed E-state index contributed by atoms with van der Waals surface area (Å²) < 4.78 is 30.2. The van der Waals surface area contributed by atoms with Gasteiger partial charge >= 0.3 is 0 Å². The minimum absolute atomic E-state index is 0.163. The van der Waals surface area contributed by atoms with Crippen LogP contribution in [0.15, 0.2) is 85.1 Å². The fraction of sp³-hybridized carbons (Fsp3) is 0.156. The van der Waals surface area contributed by atoms with Crippen molar-refractivity contribution >= 4 is 17.3 Å². The van der Waals surface area contributed by atoms with Crippen LogP contribution in [0.3, 0.4) is 0 Å². The van der Waals surface area contributed by atoms with E-state index in [0.717, 1.165) is 29.5 Å². The molecule has 2 amide bonds. The molecule has 3 aromatic carbocycles. The second-order valence-electron chi connectivity index (χ2n) is 10.3. The van der Waals surface area contributed by atoms with Crippen molar-refractivity contribution in [3.63, 3.8) is 0 Å². The van der Waals surface area contributed by atoms with E-state index in [9.17, 15) is 14.0 Å². The smallest absolute Gasteiger partial charge is 0.252 e. The van der Waals surface area contributed by atoms with Crippen molar-refractivity contribution < 1.29 is 18.4 Å². The summed E-state index contributed by atoms with van der Waals surface area (Å²) in [6.45, 7) is 1.83. The summed E-state index contributed by atoms with van der Waals surface area (Å²) in [5.74, 6) is -1.89. The molecule has 8 heteroatoms. The number of aromatic nitrogens is 2. The van der Waals surface area contributed by atoms with Gasteiger partial charge in [-0.05, 0) is 72.4 Å². The summed E-state index contributed by atoms with van der Waals surface area (Å²) in [6, 6.07) is 22.4. The normalized spacial score (nSPS) is 13.8. The Morgan fingerprint density at radius 2 is 1.70 bits per heavy atom. The predicted molar refractivity (Wildman–Crippen MR) is 148 cm³/mol. The van der Waals surface area contributed by atoms with Crippen LogP contribution in [0.4, 0.5) is 8.78 Å². The molecule has 6 rings (SSSR count). The van der Waals surface area contributed by atoms with Gasteiger partial charge in [-0.25, -0.2) is 13.3 Å². The second-order valence-corrected chi connectivity index (χ2v) is 10.3. The van der Waals surface area contributed by atoms with Crippen LogP contribution in [-0.4, -0.2) is 21.4 Å². The topological polar surface area (TPSA) is 89.5 Å². The molecule has 2 heterocycles. The van der Waals surface area contributed by atoms with E-state index in [-0.39, 0.29) is 34.8 Å². The minimum atomic E-state index is -0.704. The number of hydrogen-bond acceptors (Lipinski definition) is 3. The van der Waals surface area contributed by atoms with Crippen molar-refractivity contribution in [2.45, 2.75) is 31.7 Å². The summed E-state index contributed by atoms with van der Waals surface area (Å²) in [5.41, 5.74) is 9.91. The molecular formula is C32H26F2N4O2. The Hall–Kier alpha value is -4.85. The molecular weight excluding hydrogens is 510 g/mol. The molecule has 0 aliphatic heterocycles. The third-order valence-corrected chi connectivity index (χ3v) is 7.54. The molecule has 0 unspecified atom stereocenters. The van der Waals surface area contributed by atoms with Crippen LogP contribution < -0.4 is 11.1 Å². The maximum absolute atomic E-state index is 15.5. The Kier molecular flexibility index (Phi) is 6.18. The summed E-state index contributed by atoms with van der Waals surface area (Å²) >= 11 is 0. The minimum Gasteiger partial charge on any atom is -0.365 e. The van der Waals surface area contributed by atoms with E-state index in [4.69, 9.17) is 5.73 Å². The molecule has 0 bridgehead atoms. The van der Waals surface area contributed by atoms with Gasteiger partial charge in [-0.1, -0.05) is 48.5 Å². The van der Waals surface area contributed by atoms with Gasteiger partial charge in [-0.15, -0.1) is 0 Å². The summed E-state index contributed by atoms with van der Waals surface area (Å²) in [4.78, 5) is 25.8. The molecule has 0 radical (unpaired) electrons. The van der Waals surface area contributed by atoms with Gasteiger partial charge in [0.2, 0.25) is 0 Å². The largest absolute Gasteiger partial charge is 0.365 e. The molecule has 0 saturated heterocycles. The van der Waals surface area contributed by atoms with E-state index in [0.29, 0.717) is 22.3 Å². The van der Waals surface area contributed by atoms with Crippen LogP contribution in [-0.2, 0) is 12.0 Å². The molecule has 3 N–H and O–H groups in total. The number of nitrogens with two attached hydrogens (primary N) is 1. The quantitative estimate of drug-likeness (QED) is 0.280. The molecule has 0 atom stereocenters. The predicted octanol–water partition coefficient (Wildman–Crippen LogP) is 5.70. The molecule has 40 heavy (non-hydrogen) atoms. The Morgan fingerprint density at radius 3 is 2.38 bits per heavy atom. The van der Waals surface area contributed by atoms with Gasteiger partial charge < -0.3 is 11.1 Å². The van der Waals surface area contributed by atoms with Crippen LogP contribution in [0.1, 0.15) is 55.9 Å². The van der Waals surface area contributed by atoms with Gasteiger partial charge in [0.15, 0.2) is 0 Å². The number of hydrogen-bond donors (Lipinski definition) is 2. The molecule has 1 saturated carbocycles. The first-order valence-electron chi connectivity index (χ1n) is 13.0. The fourth-order valence-corrected chi connectivity index (χ4v) is 5.22. The number of fused-ring (bicyclic) bond motifs is 1. The third kappa shape index (κ3) is 4.62. The number of pyridine rings is 1. The van der Waals surface area contributed by atoms with Gasteiger partial charge in [0.05, 0.1) is 28.5 Å². The number of aryl methyl sites for hydroxylation is 1. The number of benzene rings is 3. The highest BCUT2D eigenvalue weighted by Gasteiger charge is 2.45. The number of nitrogens with one attached hydrogen (secondary N) is 1. The lowest BCUT2D eigenvalue weighted by molar-refractivity contribution is 0.0930.